The molecule has 2 heterocycles. The minimum Gasteiger partial charge on any atom is -0.494 e. The number of ether oxygens (including phenoxy) is 2. The van der Waals surface area contributed by atoms with Gasteiger partial charge >= 0.3 is 5.97 Å². The number of aromatic nitrogens is 1. The zero-order valence-corrected chi connectivity index (χ0v) is 18.9. The van der Waals surface area contributed by atoms with E-state index >= 15 is 4.39 Å². The highest BCUT2D eigenvalue weighted by Crippen LogP contribution is 2.41. The molecule has 2 aromatic carbocycles. The van der Waals surface area contributed by atoms with Crippen molar-refractivity contribution in [1.29, 1.82) is 0 Å². The second-order valence-electron chi connectivity index (χ2n) is 7.51. The third-order valence-corrected chi connectivity index (χ3v) is 6.97. The quantitative estimate of drug-likeness (QED) is 0.503. The van der Waals surface area contributed by atoms with Crippen LogP contribution in [0.2, 0.25) is 0 Å². The van der Waals surface area contributed by atoms with Gasteiger partial charge in [-0.15, -0.1) is 11.8 Å². The molecule has 0 saturated heterocycles. The Balaban J connectivity index is 2.04. The molecule has 172 valence electrons. The Kier molecular flexibility index (Phi) is 6.25. The van der Waals surface area contributed by atoms with Crippen molar-refractivity contribution in [3.8, 4) is 16.9 Å². The SMILES string of the molecule is COC(=O)C1CSc2c(Cc3c(F)cccc3F)c(C)c(-c3cccc(OC)c3F)c(=O)n21. The molecule has 1 aromatic heterocycles. The summed E-state index contributed by atoms with van der Waals surface area (Å²) in [5, 5.41) is 0.405. The number of thioether (sulfide) groups is 1. The molecule has 0 N–H and O–H groups in total. The van der Waals surface area contributed by atoms with Crippen LogP contribution in [-0.4, -0.2) is 30.5 Å². The van der Waals surface area contributed by atoms with Crippen molar-refractivity contribution in [2.45, 2.75) is 24.4 Å². The third-order valence-electron chi connectivity index (χ3n) is 5.77. The lowest BCUT2D eigenvalue weighted by molar-refractivity contribution is -0.143. The molecule has 33 heavy (non-hydrogen) atoms. The molecule has 3 aromatic rings. The predicted molar refractivity (Wildman–Crippen MR) is 118 cm³/mol. The number of fused-ring (bicyclic) bond motifs is 1. The molecule has 1 aliphatic heterocycles. The second kappa shape index (κ2) is 8.97. The highest BCUT2D eigenvalue weighted by molar-refractivity contribution is 7.99. The molecule has 4 rings (SSSR count). The number of rotatable bonds is 5. The summed E-state index contributed by atoms with van der Waals surface area (Å²) in [6.07, 6.45) is -0.181. The molecule has 5 nitrogen and oxygen atoms in total. The van der Waals surface area contributed by atoms with Crippen LogP contribution in [0.25, 0.3) is 11.1 Å². The lowest BCUT2D eigenvalue weighted by atomic mass is 9.94. The van der Waals surface area contributed by atoms with Crippen LogP contribution in [-0.2, 0) is 16.0 Å². The zero-order chi connectivity index (χ0) is 23.9. The van der Waals surface area contributed by atoms with Crippen LogP contribution in [0.1, 0.15) is 22.7 Å². The Labute approximate surface area is 192 Å². The largest absolute Gasteiger partial charge is 0.494 e. The summed E-state index contributed by atoms with van der Waals surface area (Å²) < 4.78 is 55.3. The van der Waals surface area contributed by atoms with Gasteiger partial charge in [-0.1, -0.05) is 18.2 Å². The van der Waals surface area contributed by atoms with Gasteiger partial charge in [0.25, 0.3) is 5.56 Å². The maximum Gasteiger partial charge on any atom is 0.329 e. The first-order valence-electron chi connectivity index (χ1n) is 10.0. The minimum atomic E-state index is -0.945. The molecule has 0 bridgehead atoms. The van der Waals surface area contributed by atoms with Gasteiger partial charge in [0.15, 0.2) is 11.6 Å². The molecule has 0 saturated carbocycles. The number of benzene rings is 2. The topological polar surface area (TPSA) is 57.5 Å². The highest BCUT2D eigenvalue weighted by Gasteiger charge is 2.36. The summed E-state index contributed by atoms with van der Waals surface area (Å²) in [6.45, 7) is 1.61. The van der Waals surface area contributed by atoms with Crippen molar-refractivity contribution in [1.82, 2.24) is 4.57 Å². The molecule has 0 aliphatic carbocycles. The van der Waals surface area contributed by atoms with Crippen LogP contribution >= 0.6 is 11.8 Å². The molecule has 1 unspecified atom stereocenters. The maximum absolute atomic E-state index is 15.2. The summed E-state index contributed by atoms with van der Waals surface area (Å²) in [5.74, 6) is -2.70. The molecule has 0 spiro atoms. The molecule has 0 radical (unpaired) electrons. The van der Waals surface area contributed by atoms with Crippen LogP contribution in [0.5, 0.6) is 5.75 Å². The summed E-state index contributed by atoms with van der Waals surface area (Å²) in [5.41, 5.74) is 0.0153. The van der Waals surface area contributed by atoms with Crippen molar-refractivity contribution in [3.05, 3.63) is 80.9 Å². The molecule has 0 fully saturated rings. The summed E-state index contributed by atoms with van der Waals surface area (Å²) in [7, 11) is 2.52. The summed E-state index contributed by atoms with van der Waals surface area (Å²) >= 11 is 1.22. The first-order valence-corrected chi connectivity index (χ1v) is 11.0. The van der Waals surface area contributed by atoms with Gasteiger partial charge in [-0.25, -0.2) is 18.0 Å². The Bertz CT molecular complexity index is 1300. The number of pyridine rings is 1. The van der Waals surface area contributed by atoms with Crippen molar-refractivity contribution in [2.24, 2.45) is 0 Å². The van der Waals surface area contributed by atoms with Crippen LogP contribution in [0, 0.1) is 24.4 Å². The van der Waals surface area contributed by atoms with Crippen molar-refractivity contribution >= 4 is 17.7 Å². The molecular weight excluding hydrogens is 455 g/mol. The monoisotopic (exact) mass is 475 g/mol. The third kappa shape index (κ3) is 3.80. The van der Waals surface area contributed by atoms with E-state index in [1.807, 2.05) is 0 Å². The van der Waals surface area contributed by atoms with E-state index in [-0.39, 0.29) is 34.6 Å². The molecule has 1 atom stereocenters. The van der Waals surface area contributed by atoms with E-state index in [1.165, 1.54) is 54.8 Å². The molecule has 1 aliphatic rings. The molecule has 0 amide bonds. The summed E-state index contributed by atoms with van der Waals surface area (Å²) in [6, 6.07) is 7.00. The number of carbonyl (C=O) groups is 1. The zero-order valence-electron chi connectivity index (χ0n) is 18.1. The van der Waals surface area contributed by atoms with E-state index in [0.29, 0.717) is 16.2 Å². The van der Waals surface area contributed by atoms with E-state index in [1.54, 1.807) is 6.92 Å². The van der Waals surface area contributed by atoms with Crippen LogP contribution in [0.3, 0.4) is 0 Å². The first-order chi connectivity index (χ1) is 15.8. The van der Waals surface area contributed by atoms with Crippen molar-refractivity contribution in [2.75, 3.05) is 20.0 Å². The van der Waals surface area contributed by atoms with Gasteiger partial charge in [-0.2, -0.15) is 0 Å². The van der Waals surface area contributed by atoms with E-state index in [4.69, 9.17) is 9.47 Å². The highest BCUT2D eigenvalue weighted by atomic mass is 32.2. The number of hydrogen-bond donors (Lipinski definition) is 0. The number of nitrogens with zero attached hydrogens (tertiary/aromatic N) is 1. The average molecular weight is 475 g/mol. The summed E-state index contributed by atoms with van der Waals surface area (Å²) in [4.78, 5) is 26.0. The Morgan fingerprint density at radius 3 is 2.39 bits per heavy atom. The fourth-order valence-corrected chi connectivity index (χ4v) is 5.43. The van der Waals surface area contributed by atoms with E-state index in [9.17, 15) is 18.4 Å². The number of hydrogen-bond acceptors (Lipinski definition) is 5. The minimum absolute atomic E-state index is 0.00157. The van der Waals surface area contributed by atoms with Crippen molar-refractivity contribution < 1.29 is 27.4 Å². The Morgan fingerprint density at radius 2 is 1.76 bits per heavy atom. The smallest absolute Gasteiger partial charge is 0.329 e. The van der Waals surface area contributed by atoms with Crippen molar-refractivity contribution in [3.63, 3.8) is 0 Å². The van der Waals surface area contributed by atoms with Crippen LogP contribution in [0.4, 0.5) is 13.2 Å². The fraction of sp³-hybridized carbons (Fsp3) is 0.250. The van der Waals surface area contributed by atoms with Gasteiger partial charge in [0.1, 0.15) is 17.7 Å². The standard InChI is InChI=1S/C24H20F3NO4S/c1-12-14(10-15-16(25)7-5-8-17(15)26)23-28(18(11-33-23)24(30)32-3)22(29)20(12)13-6-4-9-19(31-2)21(13)27/h4-9,18H,10-11H2,1-3H3. The normalized spacial score (nSPS) is 14.8. The van der Waals surface area contributed by atoms with Crippen LogP contribution < -0.4 is 10.3 Å². The van der Waals surface area contributed by atoms with E-state index < -0.39 is 35.0 Å². The lowest BCUT2D eigenvalue weighted by Gasteiger charge is -2.20. The van der Waals surface area contributed by atoms with Gasteiger partial charge in [-0.3, -0.25) is 9.36 Å². The van der Waals surface area contributed by atoms with Gasteiger partial charge in [0, 0.05) is 23.3 Å². The molecular formula is C24H20F3NO4S. The van der Waals surface area contributed by atoms with Crippen LogP contribution in [0.15, 0.2) is 46.2 Å². The van der Waals surface area contributed by atoms with Gasteiger partial charge in [-0.05, 0) is 36.2 Å². The number of halogens is 3. The maximum atomic E-state index is 15.2. The number of carbonyl (C=O) groups excluding carboxylic acids is 1. The Morgan fingerprint density at radius 1 is 1.09 bits per heavy atom. The predicted octanol–water partition coefficient (Wildman–Crippen LogP) is 4.66. The lowest BCUT2D eigenvalue weighted by Crippen LogP contribution is -2.32. The van der Waals surface area contributed by atoms with Gasteiger partial charge in [0.2, 0.25) is 0 Å². The Hall–Kier alpha value is -3.20. The van der Waals surface area contributed by atoms with Gasteiger partial charge in [0.05, 0.1) is 24.8 Å². The number of esters is 1. The number of methoxy groups -OCH3 is 2. The van der Waals surface area contributed by atoms with E-state index in [0.717, 1.165) is 12.1 Å². The second-order valence-corrected chi connectivity index (χ2v) is 8.52. The molecule has 9 heteroatoms. The average Bonchev–Trinajstić information content (AvgIpc) is 3.24. The first kappa shape index (κ1) is 23.0. The van der Waals surface area contributed by atoms with E-state index in [2.05, 4.69) is 0 Å². The van der Waals surface area contributed by atoms with Gasteiger partial charge < -0.3 is 9.47 Å². The fourth-order valence-electron chi connectivity index (χ4n) is 4.08.